The van der Waals surface area contributed by atoms with Crippen LogP contribution < -0.4 is 10.1 Å². The average molecular weight is 504 g/mol. The largest absolute Gasteiger partial charge is 0.489 e. The van der Waals surface area contributed by atoms with E-state index >= 15 is 0 Å². The summed E-state index contributed by atoms with van der Waals surface area (Å²) >= 11 is 13.6. The number of anilines is 1. The fourth-order valence-corrected chi connectivity index (χ4v) is 4.37. The Morgan fingerprint density at radius 2 is 1.97 bits per heavy atom. The summed E-state index contributed by atoms with van der Waals surface area (Å²) in [6.07, 6.45) is 1.58. The number of amides is 1. The van der Waals surface area contributed by atoms with Crippen molar-refractivity contribution in [2.75, 3.05) is 5.32 Å². The van der Waals surface area contributed by atoms with E-state index in [9.17, 15) is 9.18 Å². The van der Waals surface area contributed by atoms with Crippen molar-refractivity contribution < 1.29 is 13.9 Å². The molecule has 0 unspecified atom stereocenters. The summed E-state index contributed by atoms with van der Waals surface area (Å²) in [6.45, 7) is 4.66. The van der Waals surface area contributed by atoms with E-state index in [-0.39, 0.29) is 23.3 Å². The Morgan fingerprint density at radius 1 is 1.15 bits per heavy atom. The van der Waals surface area contributed by atoms with Crippen molar-refractivity contribution in [3.8, 4) is 5.75 Å². The lowest BCUT2D eigenvalue weighted by Crippen LogP contribution is -2.12. The monoisotopic (exact) mass is 503 g/mol. The fraction of sp³-hybridized carbons (Fsp3) is 0.167. The van der Waals surface area contributed by atoms with Gasteiger partial charge in [-0.2, -0.15) is 5.10 Å². The summed E-state index contributed by atoms with van der Waals surface area (Å²) in [7, 11) is 0. The van der Waals surface area contributed by atoms with Gasteiger partial charge in [-0.15, -0.1) is 11.3 Å². The van der Waals surface area contributed by atoms with Gasteiger partial charge in [-0.25, -0.2) is 4.39 Å². The summed E-state index contributed by atoms with van der Waals surface area (Å²) in [6, 6.07) is 12.0. The van der Waals surface area contributed by atoms with Crippen molar-refractivity contribution in [2.45, 2.75) is 27.0 Å². The highest BCUT2D eigenvalue weighted by molar-refractivity contribution is 7.12. The topological polar surface area (TPSA) is 56.1 Å². The molecule has 2 heterocycles. The number of benzene rings is 2. The predicted molar refractivity (Wildman–Crippen MR) is 130 cm³/mol. The minimum Gasteiger partial charge on any atom is -0.489 e. The Kier molecular flexibility index (Phi) is 7.02. The van der Waals surface area contributed by atoms with Crippen LogP contribution in [0.5, 0.6) is 5.75 Å². The number of halogens is 3. The number of aromatic nitrogens is 2. The van der Waals surface area contributed by atoms with Crippen LogP contribution in [0, 0.1) is 19.7 Å². The number of thiophene rings is 1. The number of hydrogen-bond donors (Lipinski definition) is 1. The molecule has 0 aliphatic rings. The van der Waals surface area contributed by atoms with Crippen LogP contribution in [0.2, 0.25) is 10.0 Å². The zero-order valence-corrected chi connectivity index (χ0v) is 20.2. The number of carbonyl (C=O) groups excluding carboxylic acids is 1. The van der Waals surface area contributed by atoms with Gasteiger partial charge in [0.05, 0.1) is 11.4 Å². The van der Waals surface area contributed by atoms with Gasteiger partial charge in [0, 0.05) is 16.8 Å². The Bertz CT molecular complexity index is 1320. The van der Waals surface area contributed by atoms with Crippen LogP contribution in [-0.2, 0) is 13.2 Å². The number of nitrogens with one attached hydrogen (secondary N) is 1. The van der Waals surface area contributed by atoms with Crippen molar-refractivity contribution >= 4 is 46.3 Å². The number of nitrogens with zero attached hydrogens (tertiary/aromatic N) is 2. The highest BCUT2D eigenvalue weighted by Gasteiger charge is 2.15. The van der Waals surface area contributed by atoms with Gasteiger partial charge in [0.1, 0.15) is 23.2 Å². The smallest absolute Gasteiger partial charge is 0.266 e. The number of ether oxygens (including phenoxy) is 1. The van der Waals surface area contributed by atoms with Crippen LogP contribution in [-0.4, -0.2) is 15.7 Å². The molecule has 1 amide bonds. The Morgan fingerprint density at radius 3 is 2.76 bits per heavy atom. The van der Waals surface area contributed by atoms with Gasteiger partial charge in [0.2, 0.25) is 0 Å². The summed E-state index contributed by atoms with van der Waals surface area (Å²) in [5.41, 5.74) is 3.76. The molecule has 9 heteroatoms. The molecule has 4 aromatic rings. The third-order valence-corrected chi connectivity index (χ3v) is 6.52. The van der Waals surface area contributed by atoms with E-state index in [1.165, 1.54) is 28.2 Å². The Hall–Kier alpha value is -2.87. The Labute approximate surface area is 204 Å². The molecule has 0 aliphatic heterocycles. The van der Waals surface area contributed by atoms with Crippen molar-refractivity contribution in [2.24, 2.45) is 0 Å². The molecule has 0 bridgehead atoms. The van der Waals surface area contributed by atoms with Crippen LogP contribution >= 0.6 is 34.5 Å². The zero-order valence-electron chi connectivity index (χ0n) is 17.9. The minimum atomic E-state index is -0.412. The summed E-state index contributed by atoms with van der Waals surface area (Å²) in [5, 5.41) is 9.52. The van der Waals surface area contributed by atoms with Gasteiger partial charge in [-0.3, -0.25) is 9.48 Å². The molecule has 1 N–H and O–H groups in total. The van der Waals surface area contributed by atoms with Crippen molar-refractivity contribution in [3.63, 3.8) is 0 Å². The number of aryl methyl sites for hydroxylation is 2. The second-order valence-corrected chi connectivity index (χ2v) is 9.32. The quantitative estimate of drug-likeness (QED) is 0.298. The van der Waals surface area contributed by atoms with Gasteiger partial charge < -0.3 is 10.1 Å². The van der Waals surface area contributed by atoms with Gasteiger partial charge in [0.15, 0.2) is 5.82 Å². The standard InChI is InChI=1S/C24H20Cl2FN3O2S/c1-14-3-4-15(2)21(7-14)32-12-16-8-22(33-13-16)24(31)28-23-20(26)11-30(29-23)10-17-5-6-18(27)9-19(17)25/h3-9,11,13H,10,12H2,1-2H3,(H,28,29,31). The first kappa shape index (κ1) is 23.3. The van der Waals surface area contributed by atoms with E-state index in [4.69, 9.17) is 27.9 Å². The predicted octanol–water partition coefficient (Wildman–Crippen LogP) is 6.89. The molecule has 170 valence electrons. The highest BCUT2D eigenvalue weighted by Crippen LogP contribution is 2.25. The average Bonchev–Trinajstić information content (AvgIpc) is 3.37. The van der Waals surface area contributed by atoms with E-state index in [0.717, 1.165) is 22.4 Å². The lowest BCUT2D eigenvalue weighted by Gasteiger charge is -2.08. The maximum absolute atomic E-state index is 13.2. The lowest BCUT2D eigenvalue weighted by molar-refractivity contribution is 0.103. The van der Waals surface area contributed by atoms with E-state index in [1.807, 2.05) is 37.4 Å². The molecule has 0 radical (unpaired) electrons. The third-order valence-electron chi connectivity index (χ3n) is 4.91. The van der Waals surface area contributed by atoms with Crippen LogP contribution in [0.3, 0.4) is 0 Å². The second kappa shape index (κ2) is 9.95. The van der Waals surface area contributed by atoms with Gasteiger partial charge in [-0.05, 0) is 60.2 Å². The van der Waals surface area contributed by atoms with Crippen LogP contribution in [0.25, 0.3) is 0 Å². The second-order valence-electron chi connectivity index (χ2n) is 7.59. The maximum Gasteiger partial charge on any atom is 0.266 e. The number of rotatable bonds is 7. The normalized spacial score (nSPS) is 10.9. The highest BCUT2D eigenvalue weighted by atomic mass is 35.5. The van der Waals surface area contributed by atoms with E-state index in [2.05, 4.69) is 10.4 Å². The summed E-state index contributed by atoms with van der Waals surface area (Å²) < 4.78 is 20.7. The molecule has 4 rings (SSSR count). The molecule has 2 aromatic heterocycles. The molecule has 0 fully saturated rings. The SMILES string of the molecule is Cc1ccc(C)c(OCc2csc(C(=O)Nc3nn(Cc4ccc(F)cc4Cl)cc3Cl)c2)c1. The fourth-order valence-electron chi connectivity index (χ4n) is 3.15. The minimum absolute atomic E-state index is 0.237. The van der Waals surface area contributed by atoms with Crippen LogP contribution in [0.4, 0.5) is 10.2 Å². The van der Waals surface area contributed by atoms with E-state index < -0.39 is 5.82 Å². The maximum atomic E-state index is 13.2. The van der Waals surface area contributed by atoms with E-state index in [1.54, 1.807) is 18.3 Å². The van der Waals surface area contributed by atoms with E-state index in [0.29, 0.717) is 22.1 Å². The first-order valence-corrected chi connectivity index (χ1v) is 11.7. The Balaban J connectivity index is 1.39. The molecular weight excluding hydrogens is 484 g/mol. The molecule has 0 spiro atoms. The lowest BCUT2D eigenvalue weighted by atomic mass is 10.1. The first-order chi connectivity index (χ1) is 15.8. The molecule has 0 aliphatic carbocycles. The molecule has 5 nitrogen and oxygen atoms in total. The molecule has 2 aromatic carbocycles. The number of carbonyl (C=O) groups is 1. The molecule has 33 heavy (non-hydrogen) atoms. The zero-order chi connectivity index (χ0) is 23.5. The van der Waals surface area contributed by atoms with Crippen molar-refractivity contribution in [3.05, 3.63) is 97.0 Å². The summed E-state index contributed by atoms with van der Waals surface area (Å²) in [5.74, 6) is 0.335. The van der Waals surface area contributed by atoms with Crippen molar-refractivity contribution in [1.29, 1.82) is 0 Å². The first-order valence-electron chi connectivity index (χ1n) is 10.0. The molecule has 0 saturated carbocycles. The molecule has 0 atom stereocenters. The van der Waals surface area contributed by atoms with Gasteiger partial charge in [0.25, 0.3) is 5.91 Å². The third kappa shape index (κ3) is 5.74. The molecule has 0 saturated heterocycles. The van der Waals surface area contributed by atoms with Gasteiger partial charge in [-0.1, -0.05) is 41.4 Å². The molecular formula is C24H20Cl2FN3O2S. The van der Waals surface area contributed by atoms with Crippen LogP contribution in [0.15, 0.2) is 54.0 Å². The summed E-state index contributed by atoms with van der Waals surface area (Å²) in [4.78, 5) is 13.2. The number of hydrogen-bond acceptors (Lipinski definition) is 4. The van der Waals surface area contributed by atoms with Crippen molar-refractivity contribution in [1.82, 2.24) is 9.78 Å². The van der Waals surface area contributed by atoms with Gasteiger partial charge >= 0.3 is 0 Å². The van der Waals surface area contributed by atoms with Crippen LogP contribution in [0.1, 0.15) is 31.9 Å².